The quantitative estimate of drug-likeness (QED) is 0.608. The molecule has 1 heterocycles. The van der Waals surface area contributed by atoms with Crippen LogP contribution in [0.1, 0.15) is 45.3 Å². The van der Waals surface area contributed by atoms with Gasteiger partial charge in [-0.2, -0.15) is 5.10 Å². The molecular formula is C17H20N2O3. The molecule has 1 aromatic carbocycles. The summed E-state index contributed by atoms with van der Waals surface area (Å²) in [5.41, 5.74) is 2.84. The van der Waals surface area contributed by atoms with E-state index in [1.54, 1.807) is 30.8 Å². The van der Waals surface area contributed by atoms with Crippen molar-refractivity contribution in [3.8, 4) is 0 Å². The smallest absolute Gasteiger partial charge is 0.342 e. The van der Waals surface area contributed by atoms with Crippen molar-refractivity contribution in [3.63, 3.8) is 0 Å². The molecule has 0 bridgehead atoms. The second kappa shape index (κ2) is 7.02. The molecule has 116 valence electrons. The third-order valence-electron chi connectivity index (χ3n) is 3.60. The van der Waals surface area contributed by atoms with Crippen molar-refractivity contribution in [1.82, 2.24) is 9.78 Å². The van der Waals surface area contributed by atoms with Crippen molar-refractivity contribution in [1.29, 1.82) is 0 Å². The molecule has 0 aliphatic heterocycles. The van der Waals surface area contributed by atoms with Crippen LogP contribution >= 0.6 is 0 Å². The fourth-order valence-corrected chi connectivity index (χ4v) is 2.14. The summed E-state index contributed by atoms with van der Waals surface area (Å²) in [7, 11) is 1.75. The molecule has 1 aromatic heterocycles. The zero-order valence-electron chi connectivity index (χ0n) is 13.1. The Morgan fingerprint density at radius 3 is 2.45 bits per heavy atom. The minimum Gasteiger partial charge on any atom is -0.454 e. The maximum atomic E-state index is 12.0. The van der Waals surface area contributed by atoms with Crippen LogP contribution in [-0.2, 0) is 18.2 Å². The van der Waals surface area contributed by atoms with E-state index in [0.29, 0.717) is 16.8 Å². The van der Waals surface area contributed by atoms with Gasteiger partial charge in [-0.3, -0.25) is 9.48 Å². The van der Waals surface area contributed by atoms with Gasteiger partial charge in [0.15, 0.2) is 12.4 Å². The summed E-state index contributed by atoms with van der Waals surface area (Å²) in [6, 6.07) is 7.42. The number of carbonyl (C=O) groups is 2. The van der Waals surface area contributed by atoms with E-state index in [9.17, 15) is 9.59 Å². The van der Waals surface area contributed by atoms with Gasteiger partial charge < -0.3 is 4.74 Å². The molecule has 5 nitrogen and oxygen atoms in total. The molecule has 0 unspecified atom stereocenters. The summed E-state index contributed by atoms with van der Waals surface area (Å²) in [5.74, 6) is -0.737. The lowest BCUT2D eigenvalue weighted by atomic mass is 10.1. The number of ketones is 1. The van der Waals surface area contributed by atoms with Gasteiger partial charge in [-0.15, -0.1) is 0 Å². The van der Waals surface area contributed by atoms with Crippen LogP contribution in [0.2, 0.25) is 0 Å². The van der Waals surface area contributed by atoms with E-state index in [0.717, 1.165) is 12.8 Å². The van der Waals surface area contributed by atoms with E-state index >= 15 is 0 Å². The number of hydrogen-bond acceptors (Lipinski definition) is 4. The molecule has 0 fully saturated rings. The third-order valence-corrected chi connectivity index (χ3v) is 3.60. The van der Waals surface area contributed by atoms with Crippen molar-refractivity contribution in [3.05, 3.63) is 52.8 Å². The summed E-state index contributed by atoms with van der Waals surface area (Å²) < 4.78 is 6.66. The van der Waals surface area contributed by atoms with E-state index in [1.807, 2.05) is 12.1 Å². The first kappa shape index (κ1) is 15.9. The molecular weight excluding hydrogens is 280 g/mol. The Bertz CT molecular complexity index is 672. The number of esters is 1. The van der Waals surface area contributed by atoms with E-state index in [4.69, 9.17) is 4.74 Å². The molecule has 0 radical (unpaired) electrons. The van der Waals surface area contributed by atoms with Crippen LogP contribution in [0.3, 0.4) is 0 Å². The average molecular weight is 300 g/mol. The Morgan fingerprint density at radius 1 is 1.23 bits per heavy atom. The largest absolute Gasteiger partial charge is 0.454 e. The van der Waals surface area contributed by atoms with Gasteiger partial charge in [0, 0.05) is 18.3 Å². The molecule has 0 aliphatic carbocycles. The maximum absolute atomic E-state index is 12.0. The fourth-order valence-electron chi connectivity index (χ4n) is 2.14. The highest BCUT2D eigenvalue weighted by Crippen LogP contribution is 2.10. The van der Waals surface area contributed by atoms with Crippen LogP contribution in [0.25, 0.3) is 0 Å². The lowest BCUT2D eigenvalue weighted by Gasteiger charge is -2.05. The van der Waals surface area contributed by atoms with Crippen LogP contribution in [0.15, 0.2) is 30.5 Å². The predicted octanol–water partition coefficient (Wildman–Crippen LogP) is 2.72. The van der Waals surface area contributed by atoms with Crippen molar-refractivity contribution in [2.45, 2.75) is 26.7 Å². The third kappa shape index (κ3) is 3.61. The number of Topliss-reactive ketones (excluding diaryl/α,β-unsaturated/α-hetero) is 1. The van der Waals surface area contributed by atoms with Gasteiger partial charge in [-0.25, -0.2) is 4.79 Å². The second-order valence-corrected chi connectivity index (χ2v) is 5.21. The lowest BCUT2D eigenvalue weighted by Crippen LogP contribution is -2.14. The number of aryl methyl sites for hydroxylation is 2. The first-order chi connectivity index (χ1) is 10.5. The molecule has 0 amide bonds. The number of benzene rings is 1. The minimum absolute atomic E-state index is 0.210. The minimum atomic E-state index is -0.526. The normalized spacial score (nSPS) is 10.5. The second-order valence-electron chi connectivity index (χ2n) is 5.21. The Balaban J connectivity index is 1.94. The Morgan fingerprint density at radius 2 is 1.91 bits per heavy atom. The van der Waals surface area contributed by atoms with Crippen LogP contribution in [0.4, 0.5) is 0 Å². The summed E-state index contributed by atoms with van der Waals surface area (Å²) in [6.07, 6.45) is 3.50. The highest BCUT2D eigenvalue weighted by molar-refractivity contribution is 5.99. The molecule has 0 atom stereocenters. The summed E-state index contributed by atoms with van der Waals surface area (Å²) in [6.45, 7) is 3.62. The Hall–Kier alpha value is -2.43. The molecule has 0 saturated carbocycles. The standard InChI is InChI=1S/C17H20N2O3/c1-4-5-13-6-8-14(9-7-13)16(20)11-22-17(21)15-10-18-19(3)12(15)2/h6-10H,4-5,11H2,1-3H3. The van der Waals surface area contributed by atoms with Gasteiger partial charge in [0.25, 0.3) is 0 Å². The number of nitrogens with zero attached hydrogens (tertiary/aromatic N) is 2. The maximum Gasteiger partial charge on any atom is 0.342 e. The molecule has 0 spiro atoms. The molecule has 0 aliphatic rings. The predicted molar refractivity (Wildman–Crippen MR) is 83.0 cm³/mol. The van der Waals surface area contributed by atoms with Gasteiger partial charge in [0.05, 0.1) is 6.20 Å². The zero-order chi connectivity index (χ0) is 16.1. The SMILES string of the molecule is CCCc1ccc(C(=O)COC(=O)c2cnn(C)c2C)cc1. The number of hydrogen-bond donors (Lipinski definition) is 0. The summed E-state index contributed by atoms with van der Waals surface area (Å²) in [4.78, 5) is 24.0. The van der Waals surface area contributed by atoms with E-state index in [-0.39, 0.29) is 12.4 Å². The van der Waals surface area contributed by atoms with Crippen molar-refractivity contribution < 1.29 is 14.3 Å². The number of ether oxygens (including phenoxy) is 1. The molecule has 2 aromatic rings. The van der Waals surface area contributed by atoms with Crippen LogP contribution < -0.4 is 0 Å². The van der Waals surface area contributed by atoms with Gasteiger partial charge in [-0.05, 0) is 18.9 Å². The molecule has 0 saturated heterocycles. The van der Waals surface area contributed by atoms with Crippen LogP contribution in [0, 0.1) is 6.92 Å². The Kier molecular flexibility index (Phi) is 5.09. The van der Waals surface area contributed by atoms with Crippen molar-refractivity contribution >= 4 is 11.8 Å². The fraction of sp³-hybridized carbons (Fsp3) is 0.353. The highest BCUT2D eigenvalue weighted by Gasteiger charge is 2.16. The van der Waals surface area contributed by atoms with Crippen molar-refractivity contribution in [2.24, 2.45) is 7.05 Å². The van der Waals surface area contributed by atoms with E-state index < -0.39 is 5.97 Å². The van der Waals surface area contributed by atoms with Crippen LogP contribution in [-0.4, -0.2) is 28.1 Å². The van der Waals surface area contributed by atoms with E-state index in [1.165, 1.54) is 11.8 Å². The summed E-state index contributed by atoms with van der Waals surface area (Å²) >= 11 is 0. The monoisotopic (exact) mass is 300 g/mol. The number of aromatic nitrogens is 2. The van der Waals surface area contributed by atoms with Gasteiger partial charge in [0.2, 0.25) is 0 Å². The number of carbonyl (C=O) groups excluding carboxylic acids is 2. The summed E-state index contributed by atoms with van der Waals surface area (Å²) in [5, 5.41) is 3.98. The first-order valence-corrected chi connectivity index (χ1v) is 7.30. The Labute approximate surface area is 129 Å². The van der Waals surface area contributed by atoms with Gasteiger partial charge in [-0.1, -0.05) is 37.6 Å². The molecule has 22 heavy (non-hydrogen) atoms. The topological polar surface area (TPSA) is 61.2 Å². The van der Waals surface area contributed by atoms with Crippen LogP contribution in [0.5, 0.6) is 0 Å². The van der Waals surface area contributed by atoms with Gasteiger partial charge in [0.1, 0.15) is 5.56 Å². The molecule has 5 heteroatoms. The number of rotatable bonds is 6. The zero-order valence-corrected chi connectivity index (χ0v) is 13.1. The molecule has 2 rings (SSSR count). The highest BCUT2D eigenvalue weighted by atomic mass is 16.5. The van der Waals surface area contributed by atoms with E-state index in [2.05, 4.69) is 12.0 Å². The average Bonchev–Trinajstić information content (AvgIpc) is 2.85. The van der Waals surface area contributed by atoms with Crippen molar-refractivity contribution in [2.75, 3.05) is 6.61 Å². The first-order valence-electron chi connectivity index (χ1n) is 7.30. The molecule has 0 N–H and O–H groups in total. The lowest BCUT2D eigenvalue weighted by molar-refractivity contribution is 0.0474. The van der Waals surface area contributed by atoms with Gasteiger partial charge >= 0.3 is 5.97 Å².